The van der Waals surface area contributed by atoms with E-state index < -0.39 is 0 Å². The van der Waals surface area contributed by atoms with Gasteiger partial charge in [-0.2, -0.15) is 4.98 Å². The Morgan fingerprint density at radius 3 is 2.60 bits per heavy atom. The third-order valence-electron chi connectivity index (χ3n) is 3.06. The fourth-order valence-electron chi connectivity index (χ4n) is 1.96. The molecule has 4 N–H and O–H groups in total. The van der Waals surface area contributed by atoms with Gasteiger partial charge in [-0.05, 0) is 23.3 Å². The van der Waals surface area contributed by atoms with E-state index in [1.165, 1.54) is 0 Å². The van der Waals surface area contributed by atoms with Crippen LogP contribution in [-0.2, 0) is 13.2 Å². The molecule has 1 heterocycles. The predicted molar refractivity (Wildman–Crippen MR) is 78.1 cm³/mol. The Balaban J connectivity index is 1.72. The highest BCUT2D eigenvalue weighted by molar-refractivity contribution is 5.78. The Hall–Kier alpha value is -2.53. The van der Waals surface area contributed by atoms with Gasteiger partial charge in [-0.15, -0.1) is 0 Å². The monoisotopic (exact) mass is 269 g/mol. The molecule has 0 unspecified atom stereocenters. The number of benzene rings is 2. The van der Waals surface area contributed by atoms with Gasteiger partial charge in [0.2, 0.25) is 0 Å². The van der Waals surface area contributed by atoms with Crippen LogP contribution in [-0.4, -0.2) is 10.1 Å². The van der Waals surface area contributed by atoms with Crippen LogP contribution in [0.15, 0.2) is 46.9 Å². The molecule has 0 atom stereocenters. The summed E-state index contributed by atoms with van der Waals surface area (Å²) in [6.45, 7) is 0.661. The highest BCUT2D eigenvalue weighted by Crippen LogP contribution is 2.21. The van der Waals surface area contributed by atoms with E-state index in [0.29, 0.717) is 23.8 Å². The summed E-state index contributed by atoms with van der Waals surface area (Å²) in [5, 5.41) is 12.1. The van der Waals surface area contributed by atoms with Crippen molar-refractivity contribution in [3.8, 4) is 0 Å². The van der Waals surface area contributed by atoms with Crippen LogP contribution in [0.5, 0.6) is 0 Å². The number of nitrogens with zero attached hydrogens (tertiary/aromatic N) is 1. The molecule has 1 aromatic heterocycles. The quantitative estimate of drug-likeness (QED) is 0.634. The first-order chi connectivity index (χ1) is 9.74. The Morgan fingerprint density at radius 1 is 1.10 bits per heavy atom. The molecule has 0 saturated carbocycles. The minimum absolute atomic E-state index is 0.0558. The molecule has 0 aliphatic carbocycles. The molecular weight excluding hydrogens is 254 g/mol. The first-order valence-corrected chi connectivity index (χ1v) is 6.33. The maximum Gasteiger partial charge on any atom is 0.295 e. The molecule has 3 aromatic rings. The summed E-state index contributed by atoms with van der Waals surface area (Å²) < 4.78 is 5.57. The van der Waals surface area contributed by atoms with Crippen LogP contribution in [0, 0.1) is 0 Å². The maximum absolute atomic E-state index is 8.99. The Bertz CT molecular complexity index is 720. The zero-order valence-electron chi connectivity index (χ0n) is 10.8. The summed E-state index contributed by atoms with van der Waals surface area (Å²) in [6, 6.07) is 13.5. The molecule has 0 amide bonds. The number of rotatable bonds is 4. The summed E-state index contributed by atoms with van der Waals surface area (Å²) in [5.74, 6) is 0. The number of aliphatic hydroxyl groups is 1. The second kappa shape index (κ2) is 5.22. The lowest BCUT2D eigenvalue weighted by atomic mass is 10.1. The van der Waals surface area contributed by atoms with Gasteiger partial charge in [0.05, 0.1) is 6.61 Å². The highest BCUT2D eigenvalue weighted by Gasteiger charge is 2.05. The Morgan fingerprint density at radius 2 is 1.85 bits per heavy atom. The van der Waals surface area contributed by atoms with Gasteiger partial charge in [0.15, 0.2) is 5.58 Å². The van der Waals surface area contributed by atoms with Gasteiger partial charge in [-0.25, -0.2) is 0 Å². The first kappa shape index (κ1) is 12.5. The second-order valence-electron chi connectivity index (χ2n) is 4.57. The molecule has 2 aromatic carbocycles. The van der Waals surface area contributed by atoms with Gasteiger partial charge >= 0.3 is 0 Å². The average molecular weight is 269 g/mol. The lowest BCUT2D eigenvalue weighted by Crippen LogP contribution is -1.99. The van der Waals surface area contributed by atoms with Crippen LogP contribution >= 0.6 is 0 Å². The van der Waals surface area contributed by atoms with E-state index in [0.717, 1.165) is 16.6 Å². The molecule has 0 fully saturated rings. The molecule has 0 aliphatic rings. The van der Waals surface area contributed by atoms with Crippen molar-refractivity contribution in [3.05, 3.63) is 53.6 Å². The largest absolute Gasteiger partial charge is 0.423 e. The van der Waals surface area contributed by atoms with Crippen molar-refractivity contribution in [1.82, 2.24) is 4.98 Å². The molecule has 0 radical (unpaired) electrons. The highest BCUT2D eigenvalue weighted by atomic mass is 16.4. The van der Waals surface area contributed by atoms with E-state index in [2.05, 4.69) is 10.3 Å². The summed E-state index contributed by atoms with van der Waals surface area (Å²) in [4.78, 5) is 4.33. The normalized spacial score (nSPS) is 10.8. The second-order valence-corrected chi connectivity index (χ2v) is 4.57. The van der Waals surface area contributed by atoms with Gasteiger partial charge in [0.1, 0.15) is 5.52 Å². The topological polar surface area (TPSA) is 84.3 Å². The number of hydrogen-bond donors (Lipinski definition) is 3. The zero-order chi connectivity index (χ0) is 13.9. The summed E-state index contributed by atoms with van der Waals surface area (Å²) in [6.07, 6.45) is 0. The van der Waals surface area contributed by atoms with Crippen molar-refractivity contribution in [3.63, 3.8) is 0 Å². The van der Waals surface area contributed by atoms with Gasteiger partial charge in [-0.1, -0.05) is 24.3 Å². The van der Waals surface area contributed by atoms with E-state index in [-0.39, 0.29) is 6.61 Å². The van der Waals surface area contributed by atoms with Crippen molar-refractivity contribution in [2.24, 2.45) is 0 Å². The third kappa shape index (κ3) is 2.57. The molecule has 102 valence electrons. The van der Waals surface area contributed by atoms with Crippen molar-refractivity contribution in [1.29, 1.82) is 0 Å². The average Bonchev–Trinajstić information content (AvgIpc) is 2.87. The summed E-state index contributed by atoms with van der Waals surface area (Å²) in [7, 11) is 0. The van der Waals surface area contributed by atoms with Crippen LogP contribution < -0.4 is 11.1 Å². The fraction of sp³-hybridized carbons (Fsp3) is 0.133. The number of nitrogen functional groups attached to an aromatic ring is 1. The molecule has 5 heteroatoms. The smallest absolute Gasteiger partial charge is 0.295 e. The molecule has 20 heavy (non-hydrogen) atoms. The maximum atomic E-state index is 8.99. The number of aliphatic hydroxyl groups excluding tert-OH is 1. The predicted octanol–water partition coefficient (Wildman–Crippen LogP) is 2.51. The standard InChI is InChI=1S/C15H15N3O2/c16-12-5-6-13-14(7-12)20-15(18-13)17-8-10-1-3-11(9-19)4-2-10/h1-7,19H,8-9,16H2,(H,17,18). The van der Waals surface area contributed by atoms with Crippen molar-refractivity contribution < 1.29 is 9.52 Å². The van der Waals surface area contributed by atoms with Crippen molar-refractivity contribution >= 4 is 22.8 Å². The van der Waals surface area contributed by atoms with E-state index in [1.807, 2.05) is 30.3 Å². The number of nitrogens with two attached hydrogens (primary N) is 1. The molecule has 0 spiro atoms. The Kier molecular flexibility index (Phi) is 3.26. The van der Waals surface area contributed by atoms with Gasteiger partial charge in [0, 0.05) is 18.3 Å². The van der Waals surface area contributed by atoms with Crippen LogP contribution in [0.4, 0.5) is 11.7 Å². The lowest BCUT2D eigenvalue weighted by molar-refractivity contribution is 0.282. The lowest BCUT2D eigenvalue weighted by Gasteiger charge is -2.03. The number of aromatic nitrogens is 1. The van der Waals surface area contributed by atoms with Gasteiger partial charge in [0.25, 0.3) is 6.01 Å². The van der Waals surface area contributed by atoms with E-state index >= 15 is 0 Å². The van der Waals surface area contributed by atoms with Crippen LogP contribution in [0.2, 0.25) is 0 Å². The van der Waals surface area contributed by atoms with Gasteiger partial charge < -0.3 is 20.6 Å². The van der Waals surface area contributed by atoms with Crippen LogP contribution in [0.3, 0.4) is 0 Å². The molecular formula is C15H15N3O2. The van der Waals surface area contributed by atoms with E-state index in [4.69, 9.17) is 15.3 Å². The van der Waals surface area contributed by atoms with Crippen molar-refractivity contribution in [2.45, 2.75) is 13.2 Å². The molecule has 0 saturated heterocycles. The summed E-state index contributed by atoms with van der Waals surface area (Å²) in [5.41, 5.74) is 9.78. The summed E-state index contributed by atoms with van der Waals surface area (Å²) >= 11 is 0. The zero-order valence-corrected chi connectivity index (χ0v) is 10.8. The third-order valence-corrected chi connectivity index (χ3v) is 3.06. The molecule has 0 aliphatic heterocycles. The molecule has 0 bridgehead atoms. The Labute approximate surface area is 116 Å². The number of hydrogen-bond acceptors (Lipinski definition) is 5. The number of oxazole rings is 1. The van der Waals surface area contributed by atoms with E-state index in [1.54, 1.807) is 12.1 Å². The van der Waals surface area contributed by atoms with E-state index in [9.17, 15) is 0 Å². The number of anilines is 2. The minimum atomic E-state index is 0.0558. The van der Waals surface area contributed by atoms with Gasteiger partial charge in [-0.3, -0.25) is 0 Å². The minimum Gasteiger partial charge on any atom is -0.423 e. The number of nitrogens with one attached hydrogen (secondary N) is 1. The fourth-order valence-corrected chi connectivity index (χ4v) is 1.96. The SMILES string of the molecule is Nc1ccc2nc(NCc3ccc(CO)cc3)oc2c1. The van der Waals surface area contributed by atoms with Crippen LogP contribution in [0.1, 0.15) is 11.1 Å². The molecule has 3 rings (SSSR count). The number of fused-ring (bicyclic) bond motifs is 1. The van der Waals surface area contributed by atoms with Crippen LogP contribution in [0.25, 0.3) is 11.1 Å². The van der Waals surface area contributed by atoms with Crippen molar-refractivity contribution in [2.75, 3.05) is 11.1 Å². The first-order valence-electron chi connectivity index (χ1n) is 6.33. The molecule has 5 nitrogen and oxygen atoms in total.